The Morgan fingerprint density at radius 2 is 1.67 bits per heavy atom. The maximum absolute atomic E-state index is 11.5. The first-order valence-electron chi connectivity index (χ1n) is 8.53. The molecule has 160 valence electrons. The number of nitrogens with zero attached hydrogens (tertiary/aromatic N) is 1. The van der Waals surface area contributed by atoms with Gasteiger partial charge in [0.2, 0.25) is 0 Å². The number of carboxylic acid groups (broad SMARTS) is 1. The number of rotatable bonds is 4. The molecule has 10 heteroatoms. The van der Waals surface area contributed by atoms with E-state index in [1.54, 1.807) is 23.7 Å². The topological polar surface area (TPSA) is 103 Å². The second-order valence-electron chi connectivity index (χ2n) is 6.54. The average Bonchev–Trinajstić information content (AvgIpc) is 3.10. The van der Waals surface area contributed by atoms with Crippen LogP contribution in [0, 0.1) is 0 Å². The lowest BCUT2D eigenvalue weighted by Gasteiger charge is -2.09. The highest BCUT2D eigenvalue weighted by Gasteiger charge is 2.38. The van der Waals surface area contributed by atoms with Crippen molar-refractivity contribution in [1.29, 1.82) is 0 Å². The molecule has 0 aliphatic carbocycles. The molecule has 0 radical (unpaired) electrons. The minimum absolute atomic E-state index is 0.349. The van der Waals surface area contributed by atoms with Crippen LogP contribution in [0.3, 0.4) is 0 Å². The summed E-state index contributed by atoms with van der Waals surface area (Å²) in [7, 11) is 4.07. The van der Waals surface area contributed by atoms with Gasteiger partial charge in [0.1, 0.15) is 11.3 Å². The molecule has 30 heavy (non-hydrogen) atoms. The summed E-state index contributed by atoms with van der Waals surface area (Å²) in [4.78, 5) is 22.5. The second kappa shape index (κ2) is 9.42. The number of hydrogen-bond acceptors (Lipinski definition) is 5. The largest absolute Gasteiger partial charge is 0.490 e. The molecule has 0 atom stereocenters. The number of carboxylic acids is 1. The number of hydrogen-bond donors (Lipinski definition) is 3. The van der Waals surface area contributed by atoms with Crippen molar-refractivity contribution in [3.05, 3.63) is 59.7 Å². The summed E-state index contributed by atoms with van der Waals surface area (Å²) in [5.74, 6) is -2.57. The molecule has 0 fully saturated rings. The van der Waals surface area contributed by atoms with Crippen LogP contribution in [0.4, 0.5) is 13.2 Å². The molecule has 0 spiro atoms. The summed E-state index contributed by atoms with van der Waals surface area (Å²) in [6.45, 7) is 0.889. The van der Waals surface area contributed by atoms with Crippen molar-refractivity contribution in [1.82, 2.24) is 10.4 Å². The molecule has 2 aromatic carbocycles. The predicted octanol–water partition coefficient (Wildman–Crippen LogP) is 3.91. The molecule has 1 heterocycles. The monoisotopic (exact) mass is 424 g/mol. The highest BCUT2D eigenvalue weighted by molar-refractivity contribution is 5.97. The zero-order chi connectivity index (χ0) is 22.5. The molecular formula is C20H19F3N2O5. The normalized spacial score (nSPS) is 11.2. The Bertz CT molecular complexity index is 1030. The summed E-state index contributed by atoms with van der Waals surface area (Å²) in [6, 6.07) is 15.2. The smallest absolute Gasteiger partial charge is 0.475 e. The van der Waals surface area contributed by atoms with E-state index in [-0.39, 0.29) is 0 Å². The molecule has 0 saturated carbocycles. The van der Waals surface area contributed by atoms with Gasteiger partial charge < -0.3 is 14.4 Å². The first kappa shape index (κ1) is 22.9. The minimum Gasteiger partial charge on any atom is -0.475 e. The Balaban J connectivity index is 0.000000396. The molecule has 0 bridgehead atoms. The number of halogens is 3. The number of carbonyl (C=O) groups excluding carboxylic acids is 1. The lowest BCUT2D eigenvalue weighted by atomic mass is 10.1. The van der Waals surface area contributed by atoms with Gasteiger partial charge in [-0.2, -0.15) is 13.2 Å². The number of amides is 1. The molecule has 0 aliphatic heterocycles. The Labute approximate surface area is 169 Å². The Morgan fingerprint density at radius 3 is 2.17 bits per heavy atom. The van der Waals surface area contributed by atoms with E-state index in [4.69, 9.17) is 19.5 Å². The first-order valence-corrected chi connectivity index (χ1v) is 8.53. The van der Waals surface area contributed by atoms with Crippen molar-refractivity contribution in [3.63, 3.8) is 0 Å². The van der Waals surface area contributed by atoms with Crippen molar-refractivity contribution < 1.29 is 37.5 Å². The Morgan fingerprint density at radius 1 is 1.07 bits per heavy atom. The van der Waals surface area contributed by atoms with Crippen molar-refractivity contribution in [3.8, 4) is 11.3 Å². The fourth-order valence-electron chi connectivity index (χ4n) is 2.52. The van der Waals surface area contributed by atoms with E-state index in [0.29, 0.717) is 11.1 Å². The van der Waals surface area contributed by atoms with Crippen LogP contribution in [0.1, 0.15) is 15.9 Å². The quantitative estimate of drug-likeness (QED) is 0.433. The summed E-state index contributed by atoms with van der Waals surface area (Å²) in [5.41, 5.74) is 4.80. The second-order valence-corrected chi connectivity index (χ2v) is 6.54. The third-order valence-corrected chi connectivity index (χ3v) is 3.86. The van der Waals surface area contributed by atoms with Crippen LogP contribution >= 0.6 is 0 Å². The van der Waals surface area contributed by atoms with Gasteiger partial charge in [-0.15, -0.1) is 0 Å². The Hall–Kier alpha value is -3.37. The van der Waals surface area contributed by atoms with E-state index in [0.717, 1.165) is 23.3 Å². The molecule has 7 nitrogen and oxygen atoms in total. The van der Waals surface area contributed by atoms with Crippen LogP contribution in [0.2, 0.25) is 0 Å². The number of fused-ring (bicyclic) bond motifs is 1. The summed E-state index contributed by atoms with van der Waals surface area (Å²) < 4.78 is 37.6. The van der Waals surface area contributed by atoms with Gasteiger partial charge in [-0.05, 0) is 37.9 Å². The number of furan rings is 1. The Kier molecular flexibility index (Phi) is 7.19. The molecule has 1 aromatic heterocycles. The van der Waals surface area contributed by atoms with Gasteiger partial charge in [-0.1, -0.05) is 30.3 Å². The lowest BCUT2D eigenvalue weighted by molar-refractivity contribution is -0.192. The third-order valence-electron chi connectivity index (χ3n) is 3.86. The third kappa shape index (κ3) is 6.06. The summed E-state index contributed by atoms with van der Waals surface area (Å²) in [6.07, 6.45) is -5.08. The van der Waals surface area contributed by atoms with Crippen LogP contribution in [-0.2, 0) is 11.3 Å². The van der Waals surface area contributed by atoms with E-state index in [2.05, 4.69) is 17.0 Å². The summed E-state index contributed by atoms with van der Waals surface area (Å²) >= 11 is 0. The van der Waals surface area contributed by atoms with E-state index in [1.807, 2.05) is 32.3 Å². The SMILES string of the molecule is CN(C)Cc1ccc(-c2cc3ccc(C(=O)NO)cc3o2)cc1.O=C(O)C(F)(F)F. The molecule has 3 rings (SSSR count). The number of nitrogens with one attached hydrogen (secondary N) is 1. The molecule has 0 saturated heterocycles. The van der Waals surface area contributed by atoms with Gasteiger partial charge in [0.05, 0.1) is 0 Å². The van der Waals surface area contributed by atoms with Gasteiger partial charge in [0.15, 0.2) is 0 Å². The number of alkyl halides is 3. The van der Waals surface area contributed by atoms with E-state index < -0.39 is 18.1 Å². The lowest BCUT2D eigenvalue weighted by Crippen LogP contribution is -2.21. The minimum atomic E-state index is -5.08. The highest BCUT2D eigenvalue weighted by Crippen LogP contribution is 2.28. The van der Waals surface area contributed by atoms with Crippen molar-refractivity contribution in [2.45, 2.75) is 12.7 Å². The highest BCUT2D eigenvalue weighted by atomic mass is 19.4. The van der Waals surface area contributed by atoms with Crippen molar-refractivity contribution >= 4 is 22.8 Å². The molecular weight excluding hydrogens is 405 g/mol. The molecule has 3 N–H and O–H groups in total. The zero-order valence-electron chi connectivity index (χ0n) is 16.0. The predicted molar refractivity (Wildman–Crippen MR) is 102 cm³/mol. The van der Waals surface area contributed by atoms with Gasteiger partial charge in [-0.25, -0.2) is 10.3 Å². The number of benzene rings is 2. The van der Waals surface area contributed by atoms with Crippen molar-refractivity contribution in [2.24, 2.45) is 0 Å². The standard InChI is InChI=1S/C18H18N2O3.C2HF3O2/c1-20(2)11-12-3-5-13(6-4-12)16-9-14-7-8-15(18(21)19-22)10-17(14)23-16;3-2(4,5)1(6)7/h3-10,22H,11H2,1-2H3,(H,19,21);(H,6,7). The van der Waals surface area contributed by atoms with Crippen LogP contribution in [0.25, 0.3) is 22.3 Å². The van der Waals surface area contributed by atoms with Gasteiger partial charge >= 0.3 is 12.1 Å². The van der Waals surface area contributed by atoms with Gasteiger partial charge in [-0.3, -0.25) is 10.0 Å². The number of carbonyl (C=O) groups is 2. The van der Waals surface area contributed by atoms with Crippen LogP contribution < -0.4 is 5.48 Å². The van der Waals surface area contributed by atoms with E-state index >= 15 is 0 Å². The molecule has 0 unspecified atom stereocenters. The van der Waals surface area contributed by atoms with E-state index in [9.17, 15) is 18.0 Å². The average molecular weight is 424 g/mol. The maximum atomic E-state index is 11.5. The van der Waals surface area contributed by atoms with Crippen LogP contribution in [0.15, 0.2) is 52.9 Å². The van der Waals surface area contributed by atoms with Gasteiger partial charge in [0, 0.05) is 23.1 Å². The molecule has 3 aromatic rings. The fourth-order valence-corrected chi connectivity index (χ4v) is 2.52. The molecule has 1 amide bonds. The van der Waals surface area contributed by atoms with Gasteiger partial charge in [0.25, 0.3) is 5.91 Å². The number of aliphatic carboxylic acids is 1. The van der Waals surface area contributed by atoms with Crippen LogP contribution in [-0.4, -0.2) is 47.4 Å². The zero-order valence-corrected chi connectivity index (χ0v) is 16.0. The number of hydroxylamine groups is 1. The summed E-state index contributed by atoms with van der Waals surface area (Å²) in [5, 5.41) is 16.7. The first-order chi connectivity index (χ1) is 14.0. The maximum Gasteiger partial charge on any atom is 0.490 e. The fraction of sp³-hybridized carbons (Fsp3) is 0.200. The van der Waals surface area contributed by atoms with Crippen molar-refractivity contribution in [2.75, 3.05) is 14.1 Å². The van der Waals surface area contributed by atoms with Crippen LogP contribution in [0.5, 0.6) is 0 Å². The molecule has 0 aliphatic rings. The van der Waals surface area contributed by atoms with E-state index in [1.165, 1.54) is 5.56 Å².